The first-order chi connectivity index (χ1) is 11.3. The number of amides is 1. The first kappa shape index (κ1) is 17.2. The SMILES string of the molecule is NC(N)=NC(=O)/C(=C/c1ccc(C(F)(F)F)cc1)c1cccnc1. The largest absolute Gasteiger partial charge is 0.416 e. The lowest BCUT2D eigenvalue weighted by Crippen LogP contribution is -2.24. The zero-order valence-electron chi connectivity index (χ0n) is 12.3. The Balaban J connectivity index is 2.45. The van der Waals surface area contributed by atoms with E-state index in [0.29, 0.717) is 11.1 Å². The number of aliphatic imine (C=N–C) groups is 1. The van der Waals surface area contributed by atoms with Crippen LogP contribution in [0.25, 0.3) is 11.6 Å². The summed E-state index contributed by atoms with van der Waals surface area (Å²) in [5.41, 5.74) is 10.6. The molecule has 1 amide bonds. The second-order valence-corrected chi connectivity index (χ2v) is 4.76. The van der Waals surface area contributed by atoms with Crippen LogP contribution in [0.2, 0.25) is 0 Å². The number of halogens is 3. The monoisotopic (exact) mass is 334 g/mol. The van der Waals surface area contributed by atoms with Crippen LogP contribution in [-0.2, 0) is 11.0 Å². The number of carbonyl (C=O) groups excluding carboxylic acids is 1. The van der Waals surface area contributed by atoms with E-state index in [1.165, 1.54) is 30.6 Å². The van der Waals surface area contributed by atoms with Gasteiger partial charge in [-0.1, -0.05) is 18.2 Å². The molecule has 2 aromatic rings. The Labute approximate surface area is 135 Å². The van der Waals surface area contributed by atoms with E-state index in [1.807, 2.05) is 0 Å². The van der Waals surface area contributed by atoms with Crippen LogP contribution in [0.5, 0.6) is 0 Å². The summed E-state index contributed by atoms with van der Waals surface area (Å²) in [6, 6.07) is 7.58. The molecule has 0 aliphatic rings. The van der Waals surface area contributed by atoms with Gasteiger partial charge in [-0.15, -0.1) is 0 Å². The van der Waals surface area contributed by atoms with Crippen LogP contribution in [0.4, 0.5) is 13.2 Å². The van der Waals surface area contributed by atoms with Crippen LogP contribution >= 0.6 is 0 Å². The maximum Gasteiger partial charge on any atom is 0.416 e. The molecular formula is C16H13F3N4O. The molecule has 0 unspecified atom stereocenters. The van der Waals surface area contributed by atoms with Crippen LogP contribution in [-0.4, -0.2) is 16.9 Å². The fraction of sp³-hybridized carbons (Fsp3) is 0.0625. The minimum absolute atomic E-state index is 0.108. The first-order valence-corrected chi connectivity index (χ1v) is 6.70. The van der Waals surface area contributed by atoms with Crippen molar-refractivity contribution in [2.24, 2.45) is 16.5 Å². The lowest BCUT2D eigenvalue weighted by atomic mass is 10.0. The van der Waals surface area contributed by atoms with E-state index >= 15 is 0 Å². The molecule has 0 atom stereocenters. The summed E-state index contributed by atoms with van der Waals surface area (Å²) in [5.74, 6) is -1.13. The number of benzene rings is 1. The van der Waals surface area contributed by atoms with Gasteiger partial charge in [0.2, 0.25) is 0 Å². The third-order valence-electron chi connectivity index (χ3n) is 2.98. The van der Waals surface area contributed by atoms with Gasteiger partial charge in [-0.25, -0.2) is 0 Å². The van der Waals surface area contributed by atoms with E-state index in [-0.39, 0.29) is 5.57 Å². The highest BCUT2D eigenvalue weighted by Gasteiger charge is 2.29. The van der Waals surface area contributed by atoms with Gasteiger partial charge in [0.1, 0.15) is 0 Å². The van der Waals surface area contributed by atoms with Gasteiger partial charge in [0.15, 0.2) is 5.96 Å². The smallest absolute Gasteiger partial charge is 0.370 e. The van der Waals surface area contributed by atoms with Crippen molar-refractivity contribution in [1.82, 2.24) is 4.98 Å². The molecule has 0 fully saturated rings. The molecule has 124 valence electrons. The molecule has 8 heteroatoms. The zero-order valence-corrected chi connectivity index (χ0v) is 12.3. The molecule has 24 heavy (non-hydrogen) atoms. The van der Waals surface area contributed by atoms with Crippen LogP contribution < -0.4 is 11.5 Å². The van der Waals surface area contributed by atoms with Crippen molar-refractivity contribution in [1.29, 1.82) is 0 Å². The quantitative estimate of drug-likeness (QED) is 0.512. The topological polar surface area (TPSA) is 94.4 Å². The predicted octanol–water partition coefficient (Wildman–Crippen LogP) is 2.44. The first-order valence-electron chi connectivity index (χ1n) is 6.70. The molecule has 0 saturated heterocycles. The Morgan fingerprint density at radius 3 is 2.29 bits per heavy atom. The van der Waals surface area contributed by atoms with Gasteiger partial charge in [-0.05, 0) is 29.8 Å². The van der Waals surface area contributed by atoms with Crippen molar-refractivity contribution in [2.75, 3.05) is 0 Å². The van der Waals surface area contributed by atoms with Crippen LogP contribution in [0.3, 0.4) is 0 Å². The molecular weight excluding hydrogens is 321 g/mol. The second-order valence-electron chi connectivity index (χ2n) is 4.76. The summed E-state index contributed by atoms with van der Waals surface area (Å²) >= 11 is 0. The predicted molar refractivity (Wildman–Crippen MR) is 84.4 cm³/mol. The number of hydrogen-bond donors (Lipinski definition) is 2. The lowest BCUT2D eigenvalue weighted by Gasteiger charge is -2.07. The van der Waals surface area contributed by atoms with E-state index in [4.69, 9.17) is 11.5 Å². The number of hydrogen-bond acceptors (Lipinski definition) is 2. The molecule has 0 aliphatic heterocycles. The number of rotatable bonds is 3. The Kier molecular flexibility index (Phi) is 4.98. The highest BCUT2D eigenvalue weighted by Crippen LogP contribution is 2.29. The molecule has 1 aromatic carbocycles. The third-order valence-corrected chi connectivity index (χ3v) is 2.98. The van der Waals surface area contributed by atoms with Gasteiger partial charge in [0.25, 0.3) is 5.91 Å². The van der Waals surface area contributed by atoms with Crippen molar-refractivity contribution in [3.63, 3.8) is 0 Å². The van der Waals surface area contributed by atoms with Crippen molar-refractivity contribution >= 4 is 23.5 Å². The normalized spacial score (nSPS) is 11.9. The molecule has 0 saturated carbocycles. The minimum atomic E-state index is -4.43. The van der Waals surface area contributed by atoms with Gasteiger partial charge in [-0.2, -0.15) is 18.2 Å². The molecule has 1 aromatic heterocycles. The van der Waals surface area contributed by atoms with Crippen molar-refractivity contribution in [3.8, 4) is 0 Å². The van der Waals surface area contributed by atoms with E-state index in [1.54, 1.807) is 12.1 Å². The van der Waals surface area contributed by atoms with E-state index in [2.05, 4.69) is 9.98 Å². The molecule has 1 heterocycles. The minimum Gasteiger partial charge on any atom is -0.370 e. The molecule has 5 nitrogen and oxygen atoms in total. The van der Waals surface area contributed by atoms with Crippen LogP contribution in [0, 0.1) is 0 Å². The summed E-state index contributed by atoms with van der Waals surface area (Å²) in [6.07, 6.45) is -0.0885. The lowest BCUT2D eigenvalue weighted by molar-refractivity contribution is -0.137. The summed E-state index contributed by atoms with van der Waals surface area (Å²) in [7, 11) is 0. The maximum atomic E-state index is 12.6. The molecule has 0 aliphatic carbocycles. The van der Waals surface area contributed by atoms with Gasteiger partial charge in [0, 0.05) is 18.0 Å². The van der Waals surface area contributed by atoms with Crippen molar-refractivity contribution < 1.29 is 18.0 Å². The van der Waals surface area contributed by atoms with Crippen molar-refractivity contribution in [3.05, 3.63) is 65.5 Å². The maximum absolute atomic E-state index is 12.6. The Morgan fingerprint density at radius 1 is 1.12 bits per heavy atom. The number of alkyl halides is 3. The number of guanidine groups is 1. The van der Waals surface area contributed by atoms with Gasteiger partial charge in [-0.3, -0.25) is 9.78 Å². The standard InChI is InChI=1S/C16H13F3N4O/c17-16(18,19)12-5-3-10(4-6-12)8-13(14(24)23-15(20)21)11-2-1-7-22-9-11/h1-9H,(H4,20,21,23,24)/b13-8+. The second kappa shape index (κ2) is 6.95. The molecule has 0 radical (unpaired) electrons. The summed E-state index contributed by atoms with van der Waals surface area (Å²) in [4.78, 5) is 19.5. The zero-order chi connectivity index (χ0) is 17.7. The van der Waals surface area contributed by atoms with Gasteiger partial charge < -0.3 is 11.5 Å². The van der Waals surface area contributed by atoms with Crippen LogP contribution in [0.15, 0.2) is 53.8 Å². The van der Waals surface area contributed by atoms with E-state index < -0.39 is 23.6 Å². The summed E-state index contributed by atoms with van der Waals surface area (Å²) < 4.78 is 37.8. The molecule has 0 bridgehead atoms. The number of nitrogens with two attached hydrogens (primary N) is 2. The fourth-order valence-corrected chi connectivity index (χ4v) is 1.90. The summed E-state index contributed by atoms with van der Waals surface area (Å²) in [5, 5.41) is 0. The Hall–Kier alpha value is -3.16. The Bertz CT molecular complexity index is 777. The highest BCUT2D eigenvalue weighted by atomic mass is 19.4. The third kappa shape index (κ3) is 4.42. The number of aromatic nitrogens is 1. The van der Waals surface area contributed by atoms with Crippen LogP contribution in [0.1, 0.15) is 16.7 Å². The molecule has 4 N–H and O–H groups in total. The fourth-order valence-electron chi connectivity index (χ4n) is 1.90. The van der Waals surface area contributed by atoms with Gasteiger partial charge >= 0.3 is 6.18 Å². The summed E-state index contributed by atoms with van der Waals surface area (Å²) in [6.45, 7) is 0. The van der Waals surface area contributed by atoms with E-state index in [0.717, 1.165) is 12.1 Å². The van der Waals surface area contributed by atoms with Gasteiger partial charge in [0.05, 0.1) is 11.1 Å². The average Bonchev–Trinajstić information content (AvgIpc) is 2.52. The number of pyridine rings is 1. The Morgan fingerprint density at radius 2 is 1.79 bits per heavy atom. The molecule has 0 spiro atoms. The number of carbonyl (C=O) groups is 1. The van der Waals surface area contributed by atoms with E-state index in [9.17, 15) is 18.0 Å². The number of nitrogens with zero attached hydrogens (tertiary/aromatic N) is 2. The molecule has 2 rings (SSSR count). The average molecular weight is 334 g/mol. The van der Waals surface area contributed by atoms with Crippen molar-refractivity contribution in [2.45, 2.75) is 6.18 Å². The highest BCUT2D eigenvalue weighted by molar-refractivity contribution is 6.26.